The number of carbonyl (C=O) groups is 1. The van der Waals surface area contributed by atoms with Crippen molar-refractivity contribution in [2.75, 3.05) is 6.54 Å². The second-order valence-corrected chi connectivity index (χ2v) is 5.80. The summed E-state index contributed by atoms with van der Waals surface area (Å²) in [7, 11) is 0. The van der Waals surface area contributed by atoms with E-state index in [1.165, 1.54) is 0 Å². The van der Waals surface area contributed by atoms with Gasteiger partial charge in [0.2, 0.25) is 5.91 Å². The van der Waals surface area contributed by atoms with Crippen molar-refractivity contribution in [3.8, 4) is 0 Å². The predicted molar refractivity (Wildman–Crippen MR) is 72.1 cm³/mol. The Hall–Kier alpha value is -0.780. The van der Waals surface area contributed by atoms with Gasteiger partial charge in [-0.1, -0.05) is 27.2 Å². The number of carbonyl (C=O) groups excluding carboxylic acids is 1. The van der Waals surface area contributed by atoms with Crippen molar-refractivity contribution < 1.29 is 18.0 Å². The molecule has 0 aromatic carbocycles. The molecule has 3 nitrogen and oxygen atoms in total. The van der Waals surface area contributed by atoms with Crippen LogP contribution in [-0.4, -0.2) is 35.7 Å². The van der Waals surface area contributed by atoms with Gasteiger partial charge >= 0.3 is 6.18 Å². The SMILES string of the molecule is CCCC1NC(C(C)C)N(CCCCC(F)(F)F)C1=O. The highest BCUT2D eigenvalue weighted by Gasteiger charge is 2.39. The number of hydrogen-bond acceptors (Lipinski definition) is 2. The lowest BCUT2D eigenvalue weighted by Crippen LogP contribution is -2.42. The average Bonchev–Trinajstić information content (AvgIpc) is 2.62. The van der Waals surface area contributed by atoms with Crippen LogP contribution < -0.4 is 5.32 Å². The number of rotatable bonds is 7. The van der Waals surface area contributed by atoms with Crippen molar-refractivity contribution >= 4 is 5.91 Å². The lowest BCUT2D eigenvalue weighted by Gasteiger charge is -2.27. The molecular weight excluding hydrogens is 269 g/mol. The first-order chi connectivity index (χ1) is 9.26. The zero-order valence-corrected chi connectivity index (χ0v) is 12.5. The van der Waals surface area contributed by atoms with Gasteiger partial charge in [0, 0.05) is 13.0 Å². The van der Waals surface area contributed by atoms with Crippen molar-refractivity contribution in [3.05, 3.63) is 0 Å². The van der Waals surface area contributed by atoms with Gasteiger partial charge in [0.15, 0.2) is 0 Å². The Labute approximate surface area is 118 Å². The summed E-state index contributed by atoms with van der Waals surface area (Å²) in [6.45, 7) is 6.46. The largest absolute Gasteiger partial charge is 0.389 e. The van der Waals surface area contributed by atoms with E-state index in [4.69, 9.17) is 0 Å². The Morgan fingerprint density at radius 3 is 2.45 bits per heavy atom. The molecule has 0 aromatic heterocycles. The second-order valence-electron chi connectivity index (χ2n) is 5.80. The topological polar surface area (TPSA) is 32.3 Å². The molecule has 0 aliphatic carbocycles. The molecule has 1 aliphatic rings. The van der Waals surface area contributed by atoms with Gasteiger partial charge in [-0.2, -0.15) is 13.2 Å². The van der Waals surface area contributed by atoms with Gasteiger partial charge in [0.1, 0.15) is 0 Å². The minimum Gasteiger partial charge on any atom is -0.326 e. The van der Waals surface area contributed by atoms with Gasteiger partial charge in [0.25, 0.3) is 0 Å². The van der Waals surface area contributed by atoms with Crippen LogP contribution in [0, 0.1) is 5.92 Å². The Morgan fingerprint density at radius 1 is 1.30 bits per heavy atom. The van der Waals surface area contributed by atoms with Gasteiger partial charge in [-0.3, -0.25) is 10.1 Å². The first-order valence-electron chi connectivity index (χ1n) is 7.39. The van der Waals surface area contributed by atoms with Crippen LogP contribution in [0.15, 0.2) is 0 Å². The molecule has 0 saturated carbocycles. The molecule has 1 N–H and O–H groups in total. The van der Waals surface area contributed by atoms with Crippen LogP contribution in [-0.2, 0) is 4.79 Å². The molecule has 1 heterocycles. The Morgan fingerprint density at radius 2 is 1.95 bits per heavy atom. The highest BCUT2D eigenvalue weighted by molar-refractivity contribution is 5.84. The Bertz CT molecular complexity index is 318. The summed E-state index contributed by atoms with van der Waals surface area (Å²) in [5, 5.41) is 3.30. The molecule has 118 valence electrons. The van der Waals surface area contributed by atoms with E-state index >= 15 is 0 Å². The first-order valence-corrected chi connectivity index (χ1v) is 7.39. The van der Waals surface area contributed by atoms with Gasteiger partial charge in [-0.05, 0) is 25.2 Å². The monoisotopic (exact) mass is 294 g/mol. The predicted octanol–water partition coefficient (Wildman–Crippen LogP) is 3.30. The lowest BCUT2D eigenvalue weighted by molar-refractivity contribution is -0.136. The summed E-state index contributed by atoms with van der Waals surface area (Å²) in [6, 6.07) is -0.171. The van der Waals surface area contributed by atoms with Crippen LogP contribution in [0.1, 0.15) is 52.9 Å². The highest BCUT2D eigenvalue weighted by atomic mass is 19.4. The van der Waals surface area contributed by atoms with Crippen molar-refractivity contribution in [3.63, 3.8) is 0 Å². The van der Waals surface area contributed by atoms with E-state index < -0.39 is 12.6 Å². The van der Waals surface area contributed by atoms with Gasteiger partial charge in [-0.15, -0.1) is 0 Å². The molecule has 0 bridgehead atoms. The Kier molecular flexibility index (Phi) is 6.30. The average molecular weight is 294 g/mol. The third-order valence-electron chi connectivity index (χ3n) is 3.61. The zero-order valence-electron chi connectivity index (χ0n) is 12.5. The summed E-state index contributed by atoms with van der Waals surface area (Å²) < 4.78 is 36.3. The molecular formula is C14H25F3N2O. The first kappa shape index (κ1) is 17.3. The molecule has 1 aliphatic heterocycles. The normalized spacial score (nSPS) is 23.9. The number of unbranched alkanes of at least 4 members (excludes halogenated alkanes) is 1. The number of hydrogen-bond donors (Lipinski definition) is 1. The molecule has 2 atom stereocenters. The summed E-state index contributed by atoms with van der Waals surface area (Å²) in [5.74, 6) is 0.293. The third-order valence-corrected chi connectivity index (χ3v) is 3.61. The quantitative estimate of drug-likeness (QED) is 0.731. The van der Waals surface area contributed by atoms with Crippen molar-refractivity contribution in [1.29, 1.82) is 0 Å². The van der Waals surface area contributed by atoms with Crippen molar-refractivity contribution in [2.45, 2.75) is 71.3 Å². The Balaban J connectivity index is 2.50. The van der Waals surface area contributed by atoms with Crippen molar-refractivity contribution in [2.24, 2.45) is 5.92 Å². The number of halogens is 3. The standard InChI is InChI=1S/C14H25F3N2O/c1-4-7-11-13(20)19(12(18-11)10(2)3)9-6-5-8-14(15,16)17/h10-12,18H,4-9H2,1-3H3. The summed E-state index contributed by atoms with van der Waals surface area (Å²) >= 11 is 0. The minimum absolute atomic E-state index is 0.0394. The minimum atomic E-state index is -4.10. The number of nitrogens with one attached hydrogen (secondary N) is 1. The molecule has 0 aromatic rings. The molecule has 6 heteroatoms. The van der Waals surface area contributed by atoms with Gasteiger partial charge in [0.05, 0.1) is 12.2 Å². The molecule has 1 amide bonds. The maximum Gasteiger partial charge on any atom is 0.389 e. The number of alkyl halides is 3. The molecule has 2 unspecified atom stereocenters. The zero-order chi connectivity index (χ0) is 15.3. The fourth-order valence-electron chi connectivity index (χ4n) is 2.61. The fourth-order valence-corrected chi connectivity index (χ4v) is 2.61. The lowest BCUT2D eigenvalue weighted by atomic mass is 10.1. The molecule has 1 rings (SSSR count). The van der Waals surface area contributed by atoms with Crippen LogP contribution >= 0.6 is 0 Å². The van der Waals surface area contributed by atoms with E-state index in [-0.39, 0.29) is 30.5 Å². The van der Waals surface area contributed by atoms with Gasteiger partial charge < -0.3 is 4.90 Å². The van der Waals surface area contributed by atoms with E-state index in [1.807, 2.05) is 20.8 Å². The van der Waals surface area contributed by atoms with E-state index in [2.05, 4.69) is 5.32 Å². The number of amides is 1. The maximum atomic E-state index is 12.2. The van der Waals surface area contributed by atoms with Crippen molar-refractivity contribution in [1.82, 2.24) is 10.2 Å². The molecule has 0 spiro atoms. The van der Waals surface area contributed by atoms with E-state index in [0.717, 1.165) is 12.8 Å². The van der Waals surface area contributed by atoms with E-state index in [9.17, 15) is 18.0 Å². The van der Waals surface area contributed by atoms with Crippen LogP contribution in [0.5, 0.6) is 0 Å². The third kappa shape index (κ3) is 4.96. The van der Waals surface area contributed by atoms with E-state index in [0.29, 0.717) is 13.0 Å². The second kappa shape index (κ2) is 7.29. The van der Waals surface area contributed by atoms with Crippen LogP contribution in [0.25, 0.3) is 0 Å². The summed E-state index contributed by atoms with van der Waals surface area (Å²) in [6.07, 6.45) is -2.75. The molecule has 0 radical (unpaired) electrons. The number of nitrogens with zero attached hydrogens (tertiary/aromatic N) is 1. The highest BCUT2D eigenvalue weighted by Crippen LogP contribution is 2.24. The smallest absolute Gasteiger partial charge is 0.326 e. The van der Waals surface area contributed by atoms with Crippen LogP contribution in [0.2, 0.25) is 0 Å². The van der Waals surface area contributed by atoms with Crippen LogP contribution in [0.3, 0.4) is 0 Å². The molecule has 1 saturated heterocycles. The summed E-state index contributed by atoms with van der Waals surface area (Å²) in [5.41, 5.74) is 0. The molecule has 1 fully saturated rings. The van der Waals surface area contributed by atoms with Gasteiger partial charge in [-0.25, -0.2) is 0 Å². The van der Waals surface area contributed by atoms with Crippen LogP contribution in [0.4, 0.5) is 13.2 Å². The molecule has 20 heavy (non-hydrogen) atoms. The maximum absolute atomic E-state index is 12.2. The fraction of sp³-hybridized carbons (Fsp3) is 0.929. The van der Waals surface area contributed by atoms with E-state index in [1.54, 1.807) is 4.90 Å². The summed E-state index contributed by atoms with van der Waals surface area (Å²) in [4.78, 5) is 14.0.